The summed E-state index contributed by atoms with van der Waals surface area (Å²) in [6, 6.07) is 0. The summed E-state index contributed by atoms with van der Waals surface area (Å²) in [6.07, 6.45) is -0.265. The lowest BCUT2D eigenvalue weighted by Crippen LogP contribution is -2.35. The van der Waals surface area contributed by atoms with Gasteiger partial charge in [-0.3, -0.25) is 0 Å². The van der Waals surface area contributed by atoms with Crippen molar-refractivity contribution < 1.29 is 5.11 Å². The number of hydrogen-bond acceptors (Lipinski definition) is 3. The SMILES string of the molecule is CNCC(O)CNCC(C)C. The molecule has 11 heavy (non-hydrogen) atoms. The lowest BCUT2D eigenvalue weighted by molar-refractivity contribution is 0.170. The van der Waals surface area contributed by atoms with E-state index >= 15 is 0 Å². The molecule has 3 N–H and O–H groups in total. The van der Waals surface area contributed by atoms with Crippen molar-refractivity contribution in [1.82, 2.24) is 10.6 Å². The third-order valence-corrected chi connectivity index (χ3v) is 1.37. The lowest BCUT2D eigenvalue weighted by atomic mass is 10.2. The molecule has 0 radical (unpaired) electrons. The maximum atomic E-state index is 9.24. The third kappa shape index (κ3) is 7.78. The van der Waals surface area contributed by atoms with Gasteiger partial charge in [0, 0.05) is 13.1 Å². The smallest absolute Gasteiger partial charge is 0.0788 e. The molecule has 0 spiro atoms. The van der Waals surface area contributed by atoms with Crippen LogP contribution in [0.5, 0.6) is 0 Å². The molecule has 0 fully saturated rings. The topological polar surface area (TPSA) is 44.3 Å². The molecule has 3 nitrogen and oxygen atoms in total. The number of hydrogen-bond donors (Lipinski definition) is 3. The van der Waals surface area contributed by atoms with E-state index in [1.165, 1.54) is 0 Å². The minimum Gasteiger partial charge on any atom is -0.390 e. The molecule has 0 aliphatic heterocycles. The van der Waals surface area contributed by atoms with Crippen LogP contribution in [0.25, 0.3) is 0 Å². The molecular formula is C8H20N2O. The Bertz CT molecular complexity index is 86.2. The highest BCUT2D eigenvalue weighted by Crippen LogP contribution is 1.87. The highest BCUT2D eigenvalue weighted by atomic mass is 16.3. The molecule has 1 atom stereocenters. The zero-order valence-corrected chi connectivity index (χ0v) is 7.72. The summed E-state index contributed by atoms with van der Waals surface area (Å²) in [5.74, 6) is 0.650. The predicted octanol–water partition coefficient (Wildman–Crippen LogP) is -0.188. The molecule has 0 bridgehead atoms. The van der Waals surface area contributed by atoms with E-state index in [1.54, 1.807) is 0 Å². The van der Waals surface area contributed by atoms with Crippen LogP contribution in [-0.2, 0) is 0 Å². The van der Waals surface area contributed by atoms with Crippen LogP contribution >= 0.6 is 0 Å². The number of rotatable bonds is 6. The number of aliphatic hydroxyl groups excluding tert-OH is 1. The van der Waals surface area contributed by atoms with E-state index in [-0.39, 0.29) is 6.10 Å². The summed E-state index contributed by atoms with van der Waals surface area (Å²) in [4.78, 5) is 0. The van der Waals surface area contributed by atoms with Crippen LogP contribution in [0.1, 0.15) is 13.8 Å². The Kier molecular flexibility index (Phi) is 6.51. The molecule has 1 unspecified atom stereocenters. The Morgan fingerprint density at radius 1 is 1.18 bits per heavy atom. The second kappa shape index (κ2) is 6.58. The fourth-order valence-electron chi connectivity index (χ4n) is 0.846. The Hall–Kier alpha value is -0.120. The summed E-state index contributed by atoms with van der Waals surface area (Å²) >= 11 is 0. The first kappa shape index (κ1) is 10.9. The van der Waals surface area contributed by atoms with E-state index in [0.29, 0.717) is 19.0 Å². The van der Waals surface area contributed by atoms with Crippen LogP contribution in [0, 0.1) is 5.92 Å². The highest BCUT2D eigenvalue weighted by molar-refractivity contribution is 4.61. The van der Waals surface area contributed by atoms with Crippen LogP contribution in [0.2, 0.25) is 0 Å². The minimum absolute atomic E-state index is 0.265. The fourth-order valence-corrected chi connectivity index (χ4v) is 0.846. The van der Waals surface area contributed by atoms with Crippen molar-refractivity contribution in [2.24, 2.45) is 5.92 Å². The van der Waals surface area contributed by atoms with Gasteiger partial charge in [-0.05, 0) is 19.5 Å². The van der Waals surface area contributed by atoms with Crippen molar-refractivity contribution in [3.05, 3.63) is 0 Å². The molecule has 0 heterocycles. The fraction of sp³-hybridized carbons (Fsp3) is 1.00. The van der Waals surface area contributed by atoms with Gasteiger partial charge in [0.2, 0.25) is 0 Å². The predicted molar refractivity (Wildman–Crippen MR) is 47.6 cm³/mol. The van der Waals surface area contributed by atoms with E-state index in [2.05, 4.69) is 24.5 Å². The van der Waals surface area contributed by atoms with E-state index in [9.17, 15) is 5.11 Å². The molecule has 0 aromatic carbocycles. The lowest BCUT2D eigenvalue weighted by Gasteiger charge is -2.12. The van der Waals surface area contributed by atoms with Gasteiger partial charge in [-0.15, -0.1) is 0 Å². The molecule has 0 aliphatic carbocycles. The summed E-state index contributed by atoms with van der Waals surface area (Å²) in [6.45, 7) is 6.61. The number of nitrogens with one attached hydrogen (secondary N) is 2. The maximum absolute atomic E-state index is 9.24. The highest BCUT2D eigenvalue weighted by Gasteiger charge is 2.01. The molecule has 0 aliphatic rings. The van der Waals surface area contributed by atoms with Crippen LogP contribution in [0.15, 0.2) is 0 Å². The molecule has 0 aromatic rings. The second-order valence-corrected chi connectivity index (χ2v) is 3.26. The van der Waals surface area contributed by atoms with Crippen LogP contribution in [0.3, 0.4) is 0 Å². The van der Waals surface area contributed by atoms with Crippen LogP contribution in [0.4, 0.5) is 0 Å². The summed E-state index contributed by atoms with van der Waals surface area (Å²) in [5.41, 5.74) is 0. The first-order valence-electron chi connectivity index (χ1n) is 4.20. The molecule has 3 heteroatoms. The molecule has 0 saturated heterocycles. The van der Waals surface area contributed by atoms with Gasteiger partial charge in [0.05, 0.1) is 6.10 Å². The van der Waals surface area contributed by atoms with Crippen molar-refractivity contribution in [3.8, 4) is 0 Å². The first-order valence-corrected chi connectivity index (χ1v) is 4.20. The van der Waals surface area contributed by atoms with E-state index in [1.807, 2.05) is 7.05 Å². The van der Waals surface area contributed by atoms with Crippen molar-refractivity contribution in [2.75, 3.05) is 26.7 Å². The van der Waals surface area contributed by atoms with Crippen molar-refractivity contribution >= 4 is 0 Å². The molecule has 0 rings (SSSR count). The van der Waals surface area contributed by atoms with Gasteiger partial charge in [-0.25, -0.2) is 0 Å². The van der Waals surface area contributed by atoms with Crippen LogP contribution < -0.4 is 10.6 Å². The number of likely N-dealkylation sites (N-methyl/N-ethyl adjacent to an activating group) is 1. The van der Waals surface area contributed by atoms with Crippen LogP contribution in [-0.4, -0.2) is 37.9 Å². The minimum atomic E-state index is -0.265. The average molecular weight is 160 g/mol. The van der Waals surface area contributed by atoms with Gasteiger partial charge < -0.3 is 15.7 Å². The zero-order chi connectivity index (χ0) is 8.69. The standard InChI is InChI=1S/C8H20N2O/c1-7(2)4-10-6-8(11)5-9-3/h7-11H,4-6H2,1-3H3. The van der Waals surface area contributed by atoms with Gasteiger partial charge in [0.25, 0.3) is 0 Å². The van der Waals surface area contributed by atoms with Gasteiger partial charge in [-0.2, -0.15) is 0 Å². The van der Waals surface area contributed by atoms with E-state index in [4.69, 9.17) is 0 Å². The molecule has 0 amide bonds. The molecule has 0 saturated carbocycles. The van der Waals surface area contributed by atoms with E-state index in [0.717, 1.165) is 6.54 Å². The zero-order valence-electron chi connectivity index (χ0n) is 7.72. The summed E-state index contributed by atoms with van der Waals surface area (Å²) in [7, 11) is 1.84. The largest absolute Gasteiger partial charge is 0.390 e. The monoisotopic (exact) mass is 160 g/mol. The van der Waals surface area contributed by atoms with E-state index < -0.39 is 0 Å². The van der Waals surface area contributed by atoms with Crippen molar-refractivity contribution in [1.29, 1.82) is 0 Å². The van der Waals surface area contributed by atoms with Gasteiger partial charge in [-0.1, -0.05) is 13.8 Å². The Balaban J connectivity index is 3.10. The third-order valence-electron chi connectivity index (χ3n) is 1.37. The Morgan fingerprint density at radius 3 is 2.27 bits per heavy atom. The quantitative estimate of drug-likeness (QED) is 0.505. The molecular weight excluding hydrogens is 140 g/mol. The first-order chi connectivity index (χ1) is 5.16. The van der Waals surface area contributed by atoms with Crippen molar-refractivity contribution in [2.45, 2.75) is 20.0 Å². The van der Waals surface area contributed by atoms with Gasteiger partial charge in [0.1, 0.15) is 0 Å². The molecule has 0 aromatic heterocycles. The Labute approximate surface area is 69.2 Å². The second-order valence-electron chi connectivity index (χ2n) is 3.26. The van der Waals surface area contributed by atoms with Gasteiger partial charge in [0.15, 0.2) is 0 Å². The average Bonchev–Trinajstić information content (AvgIpc) is 1.87. The Morgan fingerprint density at radius 2 is 1.82 bits per heavy atom. The summed E-state index contributed by atoms with van der Waals surface area (Å²) in [5, 5.41) is 15.3. The van der Waals surface area contributed by atoms with Crippen molar-refractivity contribution in [3.63, 3.8) is 0 Å². The number of aliphatic hydroxyl groups is 1. The van der Waals surface area contributed by atoms with Gasteiger partial charge >= 0.3 is 0 Å². The summed E-state index contributed by atoms with van der Waals surface area (Å²) < 4.78 is 0. The maximum Gasteiger partial charge on any atom is 0.0788 e. The molecule has 68 valence electrons. The normalized spacial score (nSPS) is 13.9.